The van der Waals surface area contributed by atoms with Crippen LogP contribution in [0.1, 0.15) is 65.2 Å². The van der Waals surface area contributed by atoms with Crippen LogP contribution in [0.5, 0.6) is 0 Å². The second-order valence-electron chi connectivity index (χ2n) is 10.3. The van der Waals surface area contributed by atoms with Crippen molar-refractivity contribution in [1.82, 2.24) is 0 Å². The number of fused-ring (bicyclic) bond motifs is 5. The molecule has 1 N–H and O–H groups in total. The third-order valence-electron chi connectivity index (χ3n) is 9.25. The van der Waals surface area contributed by atoms with E-state index in [4.69, 9.17) is 13.6 Å². The predicted molar refractivity (Wildman–Crippen MR) is 103 cm³/mol. The lowest BCUT2D eigenvalue weighted by Crippen LogP contribution is -2.59. The maximum absolute atomic E-state index is 12.8. The molecule has 4 aliphatic carbocycles. The van der Waals surface area contributed by atoms with Gasteiger partial charge in [-0.1, -0.05) is 13.8 Å². The summed E-state index contributed by atoms with van der Waals surface area (Å²) in [5.74, 6) is 2.20. The maximum atomic E-state index is 12.8. The second kappa shape index (κ2) is 6.62. The SMILES string of the molecule is C[C@]12C(CCC3C1CC[C@]1(C)C(=O)CCC31)C[C@H](O)CC2OP1(=O)OCCO1. The molecule has 0 bridgehead atoms. The van der Waals surface area contributed by atoms with Gasteiger partial charge in [0.25, 0.3) is 0 Å². The van der Waals surface area contributed by atoms with Crippen molar-refractivity contribution in [3.63, 3.8) is 0 Å². The zero-order chi connectivity index (χ0) is 19.7. The van der Waals surface area contributed by atoms with Gasteiger partial charge in [0, 0.05) is 23.7 Å². The van der Waals surface area contributed by atoms with E-state index in [2.05, 4.69) is 13.8 Å². The summed E-state index contributed by atoms with van der Waals surface area (Å²) in [6, 6.07) is 0. The van der Waals surface area contributed by atoms with Crippen LogP contribution in [0, 0.1) is 34.5 Å². The Morgan fingerprint density at radius 3 is 2.57 bits per heavy atom. The summed E-state index contributed by atoms with van der Waals surface area (Å²) >= 11 is 0. The van der Waals surface area contributed by atoms with E-state index in [9.17, 15) is 14.5 Å². The van der Waals surface area contributed by atoms with E-state index in [1.54, 1.807) is 0 Å². The van der Waals surface area contributed by atoms with Crippen LogP contribution in [0.4, 0.5) is 0 Å². The molecule has 0 spiro atoms. The normalized spacial score (nSPS) is 52.8. The average Bonchev–Trinajstić information content (AvgIpc) is 3.20. The van der Waals surface area contributed by atoms with Crippen molar-refractivity contribution in [2.75, 3.05) is 13.2 Å². The Labute approximate surface area is 167 Å². The van der Waals surface area contributed by atoms with Gasteiger partial charge in [-0.05, 0) is 62.2 Å². The lowest BCUT2D eigenvalue weighted by molar-refractivity contribution is -0.175. The number of Topliss-reactive ketones (excluding diaryl/α,β-unsaturated/α-hetero) is 1. The van der Waals surface area contributed by atoms with Gasteiger partial charge in [-0.25, -0.2) is 4.57 Å². The molecule has 5 fully saturated rings. The summed E-state index contributed by atoms with van der Waals surface area (Å²) < 4.78 is 29.6. The fourth-order valence-corrected chi connectivity index (χ4v) is 9.17. The van der Waals surface area contributed by atoms with Crippen LogP contribution in [-0.4, -0.2) is 36.3 Å². The highest BCUT2D eigenvalue weighted by molar-refractivity contribution is 7.48. The van der Waals surface area contributed by atoms with E-state index >= 15 is 0 Å². The average molecular weight is 412 g/mol. The quantitative estimate of drug-likeness (QED) is 0.688. The van der Waals surface area contributed by atoms with Crippen LogP contribution < -0.4 is 0 Å². The summed E-state index contributed by atoms with van der Waals surface area (Å²) in [6.07, 6.45) is 6.36. The van der Waals surface area contributed by atoms with Crippen molar-refractivity contribution in [3.8, 4) is 0 Å². The number of carbonyl (C=O) groups excluding carboxylic acids is 1. The first-order chi connectivity index (χ1) is 13.3. The number of rotatable bonds is 2. The van der Waals surface area contributed by atoms with Crippen LogP contribution in [-0.2, 0) is 22.9 Å². The predicted octanol–water partition coefficient (Wildman–Crippen LogP) is 4.11. The minimum atomic E-state index is -3.53. The molecular weight excluding hydrogens is 379 g/mol. The highest BCUT2D eigenvalue weighted by atomic mass is 31.2. The van der Waals surface area contributed by atoms with Gasteiger partial charge in [0.15, 0.2) is 0 Å². The van der Waals surface area contributed by atoms with Gasteiger partial charge in [-0.2, -0.15) is 0 Å². The Bertz CT molecular complexity index is 701. The van der Waals surface area contributed by atoms with Crippen molar-refractivity contribution >= 4 is 13.6 Å². The highest BCUT2D eigenvalue weighted by Gasteiger charge is 2.63. The minimum Gasteiger partial charge on any atom is -0.393 e. The molecule has 0 aromatic heterocycles. The second-order valence-corrected chi connectivity index (χ2v) is 11.9. The van der Waals surface area contributed by atoms with E-state index in [1.807, 2.05) is 0 Å². The lowest BCUT2D eigenvalue weighted by atomic mass is 9.44. The Hall–Kier alpha value is -0.260. The molecule has 8 atom stereocenters. The fourth-order valence-electron chi connectivity index (χ4n) is 7.75. The summed E-state index contributed by atoms with van der Waals surface area (Å²) in [7, 11) is -3.53. The van der Waals surface area contributed by atoms with Crippen molar-refractivity contribution in [1.29, 1.82) is 0 Å². The standard InChI is InChI=1S/C21H33O6P/c1-20-8-7-17-15(16(20)5-6-18(20)23)4-3-13-11-14(22)12-19(21(13,17)2)27-28(24)25-9-10-26-28/h13-17,19,22H,3-12H2,1-2H3/t13?,14-,15?,16?,17?,19?,20-,21-/m0/s1. The number of aliphatic hydroxyl groups excluding tert-OH is 1. The van der Waals surface area contributed by atoms with Crippen LogP contribution >= 0.6 is 7.82 Å². The van der Waals surface area contributed by atoms with Crippen molar-refractivity contribution in [2.24, 2.45) is 34.5 Å². The number of phosphoric acid groups is 1. The highest BCUT2D eigenvalue weighted by Crippen LogP contribution is 2.68. The van der Waals surface area contributed by atoms with Gasteiger partial charge in [0.2, 0.25) is 0 Å². The molecule has 5 aliphatic rings. The molecule has 158 valence electrons. The van der Waals surface area contributed by atoms with E-state index in [0.717, 1.165) is 44.9 Å². The Morgan fingerprint density at radius 2 is 1.82 bits per heavy atom. The molecule has 28 heavy (non-hydrogen) atoms. The Morgan fingerprint density at radius 1 is 1.07 bits per heavy atom. The molecule has 0 amide bonds. The van der Waals surface area contributed by atoms with Gasteiger partial charge >= 0.3 is 7.82 Å². The molecular formula is C21H33O6P. The zero-order valence-corrected chi connectivity index (χ0v) is 17.9. The van der Waals surface area contributed by atoms with Crippen LogP contribution in [0.3, 0.4) is 0 Å². The molecule has 0 radical (unpaired) electrons. The summed E-state index contributed by atoms with van der Waals surface area (Å²) in [5.41, 5.74) is -0.318. The Kier molecular flexibility index (Phi) is 4.65. The minimum absolute atomic E-state index is 0.153. The van der Waals surface area contributed by atoms with Crippen LogP contribution in [0.15, 0.2) is 0 Å². The van der Waals surface area contributed by atoms with Gasteiger partial charge in [0.1, 0.15) is 5.78 Å². The van der Waals surface area contributed by atoms with Gasteiger partial charge in [0.05, 0.1) is 25.4 Å². The maximum Gasteiger partial charge on any atom is 0.475 e. The van der Waals surface area contributed by atoms with E-state index < -0.39 is 13.9 Å². The van der Waals surface area contributed by atoms with Gasteiger partial charge in [-0.3, -0.25) is 18.4 Å². The molecule has 0 aromatic carbocycles. The number of phosphoric ester groups is 1. The molecule has 1 heterocycles. The van der Waals surface area contributed by atoms with E-state index in [1.165, 1.54) is 0 Å². The first-order valence-corrected chi connectivity index (χ1v) is 12.5. The topological polar surface area (TPSA) is 82.1 Å². The summed E-state index contributed by atoms with van der Waals surface area (Å²) in [5, 5.41) is 10.5. The molecule has 1 aliphatic heterocycles. The van der Waals surface area contributed by atoms with E-state index in [-0.39, 0.29) is 16.9 Å². The van der Waals surface area contributed by atoms with Gasteiger partial charge in [-0.15, -0.1) is 0 Å². The summed E-state index contributed by atoms with van der Waals surface area (Å²) in [6.45, 7) is 5.06. The van der Waals surface area contributed by atoms with Crippen LogP contribution in [0.25, 0.3) is 0 Å². The number of hydrogen-bond acceptors (Lipinski definition) is 6. The molecule has 6 nitrogen and oxygen atoms in total. The van der Waals surface area contributed by atoms with Gasteiger partial charge < -0.3 is 5.11 Å². The smallest absolute Gasteiger partial charge is 0.393 e. The Balaban J connectivity index is 1.47. The van der Waals surface area contributed by atoms with Crippen LogP contribution in [0.2, 0.25) is 0 Å². The molecule has 5 unspecified atom stereocenters. The first-order valence-electron chi connectivity index (χ1n) is 11.1. The lowest BCUT2D eigenvalue weighted by Gasteiger charge is -2.62. The number of hydrogen-bond donors (Lipinski definition) is 1. The number of ketones is 1. The molecule has 0 aromatic rings. The monoisotopic (exact) mass is 412 g/mol. The van der Waals surface area contributed by atoms with E-state index in [0.29, 0.717) is 49.1 Å². The third kappa shape index (κ3) is 2.75. The number of aliphatic hydroxyl groups is 1. The number of carbonyl (C=O) groups is 1. The fraction of sp³-hybridized carbons (Fsp3) is 0.952. The largest absolute Gasteiger partial charge is 0.475 e. The van der Waals surface area contributed by atoms with Crippen molar-refractivity contribution in [3.05, 3.63) is 0 Å². The third-order valence-corrected chi connectivity index (χ3v) is 10.8. The molecule has 4 saturated carbocycles. The zero-order valence-electron chi connectivity index (χ0n) is 17.0. The molecule has 7 heteroatoms. The molecule has 1 saturated heterocycles. The summed E-state index contributed by atoms with van der Waals surface area (Å²) in [4.78, 5) is 12.6. The van der Waals surface area contributed by atoms with Crippen molar-refractivity contribution < 1.29 is 28.0 Å². The van der Waals surface area contributed by atoms with Crippen molar-refractivity contribution in [2.45, 2.75) is 77.4 Å². The first kappa shape index (κ1) is 19.7. The molecule has 5 rings (SSSR count).